The molecule has 2 N–H and O–H groups in total. The number of hydrogen-bond acceptors (Lipinski definition) is 4. The molecule has 0 fully saturated rings. The van der Waals surface area contributed by atoms with Gasteiger partial charge in [0.2, 0.25) is 0 Å². The van der Waals surface area contributed by atoms with Gasteiger partial charge in [-0.1, -0.05) is 18.2 Å². The highest BCUT2D eigenvalue weighted by molar-refractivity contribution is 6.00. The quantitative estimate of drug-likeness (QED) is 0.788. The second-order valence-electron chi connectivity index (χ2n) is 5.78. The fourth-order valence-corrected chi connectivity index (χ4v) is 2.86. The van der Waals surface area contributed by atoms with Crippen LogP contribution in [0.2, 0.25) is 0 Å². The van der Waals surface area contributed by atoms with Crippen LogP contribution in [-0.2, 0) is 4.74 Å². The van der Waals surface area contributed by atoms with Crippen LogP contribution in [-0.4, -0.2) is 30.6 Å². The number of esters is 1. The van der Waals surface area contributed by atoms with Gasteiger partial charge in [-0.2, -0.15) is 0 Å². The standard InChI is InChI=1S/C19H24N2O4/c1-6-25-19(23)16-11(2)17(20-13(16)4)18(22)21-12(3)14-9-7-8-10-15(14)24-5/h7-10,12,20H,6H2,1-5H3,(H,21,22). The number of H-pyrrole nitrogens is 1. The number of aryl methyl sites for hydroxylation is 1. The zero-order valence-electron chi connectivity index (χ0n) is 15.2. The third kappa shape index (κ3) is 3.84. The molecule has 2 aromatic rings. The van der Waals surface area contributed by atoms with Crippen LogP contribution >= 0.6 is 0 Å². The number of rotatable bonds is 6. The molecule has 25 heavy (non-hydrogen) atoms. The number of ether oxygens (including phenoxy) is 2. The minimum absolute atomic E-state index is 0.252. The van der Waals surface area contributed by atoms with Gasteiger partial charge >= 0.3 is 5.97 Å². The van der Waals surface area contributed by atoms with E-state index >= 15 is 0 Å². The third-order valence-corrected chi connectivity index (χ3v) is 4.10. The summed E-state index contributed by atoms with van der Waals surface area (Å²) in [4.78, 5) is 27.7. The number of amides is 1. The molecule has 6 heteroatoms. The van der Waals surface area contributed by atoms with Crippen LogP contribution in [0.5, 0.6) is 5.75 Å². The molecule has 0 aliphatic carbocycles. The Balaban J connectivity index is 2.24. The lowest BCUT2D eigenvalue weighted by Gasteiger charge is -2.17. The van der Waals surface area contributed by atoms with Crippen molar-refractivity contribution < 1.29 is 19.1 Å². The Kier molecular flexibility index (Phi) is 5.85. The minimum Gasteiger partial charge on any atom is -0.496 e. The van der Waals surface area contributed by atoms with Gasteiger partial charge in [-0.05, 0) is 39.3 Å². The Hall–Kier alpha value is -2.76. The normalized spacial score (nSPS) is 11.7. The van der Waals surface area contributed by atoms with Crippen molar-refractivity contribution >= 4 is 11.9 Å². The summed E-state index contributed by atoms with van der Waals surface area (Å²) < 4.78 is 10.4. The van der Waals surface area contributed by atoms with Crippen LogP contribution in [0, 0.1) is 13.8 Å². The average molecular weight is 344 g/mol. The first-order valence-corrected chi connectivity index (χ1v) is 8.20. The van der Waals surface area contributed by atoms with E-state index in [1.165, 1.54) is 0 Å². The highest BCUT2D eigenvalue weighted by Gasteiger charge is 2.24. The lowest BCUT2D eigenvalue weighted by Crippen LogP contribution is -2.27. The van der Waals surface area contributed by atoms with E-state index in [9.17, 15) is 9.59 Å². The Labute approximate surface area is 147 Å². The van der Waals surface area contributed by atoms with Gasteiger partial charge in [0.15, 0.2) is 0 Å². The predicted octanol–water partition coefficient (Wildman–Crippen LogP) is 3.31. The molecular weight excluding hydrogens is 320 g/mol. The molecule has 1 aromatic heterocycles. The molecule has 1 heterocycles. The molecule has 1 atom stereocenters. The summed E-state index contributed by atoms with van der Waals surface area (Å²) in [6.45, 7) is 7.40. The Morgan fingerprint density at radius 1 is 1.24 bits per heavy atom. The van der Waals surface area contributed by atoms with Crippen LogP contribution < -0.4 is 10.1 Å². The highest BCUT2D eigenvalue weighted by Crippen LogP contribution is 2.25. The van der Waals surface area contributed by atoms with E-state index < -0.39 is 5.97 Å². The second-order valence-corrected chi connectivity index (χ2v) is 5.78. The second kappa shape index (κ2) is 7.88. The number of nitrogens with one attached hydrogen (secondary N) is 2. The third-order valence-electron chi connectivity index (χ3n) is 4.10. The van der Waals surface area contributed by atoms with Crippen LogP contribution in [0.3, 0.4) is 0 Å². The number of carbonyl (C=O) groups excluding carboxylic acids is 2. The molecular formula is C19H24N2O4. The van der Waals surface area contributed by atoms with Crippen LogP contribution in [0.25, 0.3) is 0 Å². The summed E-state index contributed by atoms with van der Waals surface area (Å²) in [5, 5.41) is 2.94. The van der Waals surface area contributed by atoms with Crippen molar-refractivity contribution in [2.24, 2.45) is 0 Å². The van der Waals surface area contributed by atoms with Crippen molar-refractivity contribution in [3.8, 4) is 5.75 Å². The van der Waals surface area contributed by atoms with Gasteiger partial charge in [-0.25, -0.2) is 4.79 Å². The number of aromatic nitrogens is 1. The van der Waals surface area contributed by atoms with Crippen molar-refractivity contribution in [1.29, 1.82) is 0 Å². The van der Waals surface area contributed by atoms with Crippen molar-refractivity contribution in [2.75, 3.05) is 13.7 Å². The van der Waals surface area contributed by atoms with Gasteiger partial charge in [0, 0.05) is 11.3 Å². The first kappa shape index (κ1) is 18.6. The summed E-state index contributed by atoms with van der Waals surface area (Å²) in [5.41, 5.74) is 2.86. The fourth-order valence-electron chi connectivity index (χ4n) is 2.86. The molecule has 0 saturated carbocycles. The molecule has 0 aliphatic rings. The van der Waals surface area contributed by atoms with Crippen molar-refractivity contribution in [3.63, 3.8) is 0 Å². The molecule has 0 saturated heterocycles. The topological polar surface area (TPSA) is 80.4 Å². The molecule has 0 radical (unpaired) electrons. The summed E-state index contributed by atoms with van der Waals surface area (Å²) >= 11 is 0. The van der Waals surface area contributed by atoms with Gasteiger partial charge in [-0.3, -0.25) is 4.79 Å². The zero-order valence-corrected chi connectivity index (χ0v) is 15.2. The lowest BCUT2D eigenvalue weighted by atomic mass is 10.1. The van der Waals surface area contributed by atoms with E-state index in [1.54, 1.807) is 27.9 Å². The number of carbonyl (C=O) groups is 2. The van der Waals surface area contributed by atoms with E-state index in [1.807, 2.05) is 31.2 Å². The summed E-state index contributed by atoms with van der Waals surface area (Å²) in [6, 6.07) is 7.27. The van der Waals surface area contributed by atoms with Crippen LogP contribution in [0.15, 0.2) is 24.3 Å². The molecule has 0 spiro atoms. The molecule has 2 rings (SSSR count). The zero-order chi connectivity index (χ0) is 18.6. The van der Waals surface area contributed by atoms with Gasteiger partial charge < -0.3 is 19.8 Å². The SMILES string of the molecule is CCOC(=O)c1c(C)[nH]c(C(=O)NC(C)c2ccccc2OC)c1C. The summed E-state index contributed by atoms with van der Waals surface area (Å²) in [7, 11) is 1.59. The first-order chi connectivity index (χ1) is 11.9. The van der Waals surface area contributed by atoms with Crippen molar-refractivity contribution in [3.05, 3.63) is 52.3 Å². The number of aromatic amines is 1. The molecule has 1 unspecified atom stereocenters. The molecule has 0 bridgehead atoms. The largest absolute Gasteiger partial charge is 0.496 e. The maximum atomic E-state index is 12.7. The molecule has 1 aromatic carbocycles. The molecule has 134 valence electrons. The smallest absolute Gasteiger partial charge is 0.340 e. The monoisotopic (exact) mass is 344 g/mol. The lowest BCUT2D eigenvalue weighted by molar-refractivity contribution is 0.0525. The Morgan fingerprint density at radius 2 is 1.92 bits per heavy atom. The fraction of sp³-hybridized carbons (Fsp3) is 0.368. The number of benzene rings is 1. The maximum Gasteiger partial charge on any atom is 0.340 e. The summed E-state index contributed by atoms with van der Waals surface area (Å²) in [5.74, 6) is 0.00188. The first-order valence-electron chi connectivity index (χ1n) is 8.20. The van der Waals surface area contributed by atoms with E-state index in [2.05, 4.69) is 10.3 Å². The average Bonchev–Trinajstić information content (AvgIpc) is 2.89. The van der Waals surface area contributed by atoms with E-state index in [0.717, 1.165) is 5.56 Å². The predicted molar refractivity (Wildman–Crippen MR) is 95.1 cm³/mol. The number of para-hydroxylation sites is 1. The van der Waals surface area contributed by atoms with Crippen LogP contribution in [0.4, 0.5) is 0 Å². The Bertz CT molecular complexity index is 780. The number of hydrogen-bond donors (Lipinski definition) is 2. The van der Waals surface area contributed by atoms with E-state index in [0.29, 0.717) is 28.3 Å². The van der Waals surface area contributed by atoms with E-state index in [4.69, 9.17) is 9.47 Å². The van der Waals surface area contributed by atoms with Gasteiger partial charge in [0.1, 0.15) is 11.4 Å². The van der Waals surface area contributed by atoms with E-state index in [-0.39, 0.29) is 18.6 Å². The highest BCUT2D eigenvalue weighted by atomic mass is 16.5. The number of methoxy groups -OCH3 is 1. The van der Waals surface area contributed by atoms with Gasteiger partial charge in [0.05, 0.1) is 25.3 Å². The van der Waals surface area contributed by atoms with Gasteiger partial charge in [0.25, 0.3) is 5.91 Å². The molecule has 6 nitrogen and oxygen atoms in total. The van der Waals surface area contributed by atoms with Crippen molar-refractivity contribution in [2.45, 2.75) is 33.7 Å². The molecule has 1 amide bonds. The minimum atomic E-state index is -0.425. The van der Waals surface area contributed by atoms with Crippen molar-refractivity contribution in [1.82, 2.24) is 10.3 Å². The van der Waals surface area contributed by atoms with Gasteiger partial charge in [-0.15, -0.1) is 0 Å². The maximum absolute atomic E-state index is 12.7. The van der Waals surface area contributed by atoms with Crippen LogP contribution in [0.1, 0.15) is 57.6 Å². The molecule has 0 aliphatic heterocycles. The Morgan fingerprint density at radius 3 is 2.56 bits per heavy atom. The summed E-state index contributed by atoms with van der Waals surface area (Å²) in [6.07, 6.45) is 0.